The molecule has 0 spiro atoms. The van der Waals surface area contributed by atoms with Gasteiger partial charge in [-0.05, 0) is 36.8 Å². The third-order valence-corrected chi connectivity index (χ3v) is 4.78. The van der Waals surface area contributed by atoms with Crippen molar-refractivity contribution >= 4 is 28.8 Å². The number of rotatable bonds is 10. The van der Waals surface area contributed by atoms with E-state index in [1.54, 1.807) is 30.5 Å². The zero-order chi connectivity index (χ0) is 19.8. The summed E-state index contributed by atoms with van der Waals surface area (Å²) in [4.78, 5) is 20.8. The van der Waals surface area contributed by atoms with Gasteiger partial charge in [0.05, 0.1) is 5.56 Å². The first-order chi connectivity index (χ1) is 13.7. The molecule has 0 saturated carbocycles. The zero-order valence-corrected chi connectivity index (χ0v) is 16.9. The van der Waals surface area contributed by atoms with Gasteiger partial charge >= 0.3 is 5.97 Å². The van der Waals surface area contributed by atoms with Gasteiger partial charge < -0.3 is 9.15 Å². The molecule has 28 heavy (non-hydrogen) atoms. The van der Waals surface area contributed by atoms with Gasteiger partial charge in [-0.1, -0.05) is 57.0 Å². The van der Waals surface area contributed by atoms with Gasteiger partial charge in [0.2, 0.25) is 11.6 Å². The Balaban J connectivity index is 1.62. The molecule has 0 bridgehead atoms. The van der Waals surface area contributed by atoms with Gasteiger partial charge in [0.15, 0.2) is 0 Å². The van der Waals surface area contributed by atoms with Gasteiger partial charge in [-0.2, -0.15) is 0 Å². The van der Waals surface area contributed by atoms with Crippen molar-refractivity contribution in [1.29, 1.82) is 0 Å². The molecule has 1 aromatic carbocycles. The average Bonchev–Trinajstić information content (AvgIpc) is 3.12. The number of carbonyl (C=O) groups is 1. The molecule has 3 aromatic rings. The fraction of sp³-hybridized carbons (Fsp3) is 0.409. The van der Waals surface area contributed by atoms with Crippen LogP contribution < -0.4 is 4.74 Å². The van der Waals surface area contributed by atoms with E-state index >= 15 is 0 Å². The van der Waals surface area contributed by atoms with Crippen molar-refractivity contribution in [2.45, 2.75) is 58.3 Å². The maximum absolute atomic E-state index is 12.3. The number of aromatic nitrogens is 2. The van der Waals surface area contributed by atoms with Gasteiger partial charge in [0.1, 0.15) is 11.3 Å². The largest absolute Gasteiger partial charge is 0.426 e. The molecular formula is C22H25ClN2O3. The summed E-state index contributed by atoms with van der Waals surface area (Å²) in [7, 11) is 0. The molecular weight excluding hydrogens is 376 g/mol. The van der Waals surface area contributed by atoms with Crippen LogP contribution in [0, 0.1) is 0 Å². The van der Waals surface area contributed by atoms with Crippen molar-refractivity contribution in [2.24, 2.45) is 0 Å². The molecule has 148 valence electrons. The summed E-state index contributed by atoms with van der Waals surface area (Å²) in [5, 5.41) is 0.511. The lowest BCUT2D eigenvalue weighted by molar-refractivity contribution is -0.134. The van der Waals surface area contributed by atoms with Crippen LogP contribution >= 0.6 is 11.6 Å². The maximum Gasteiger partial charge on any atom is 0.311 e. The maximum atomic E-state index is 12.3. The van der Waals surface area contributed by atoms with E-state index in [1.165, 1.54) is 25.7 Å². The Morgan fingerprint density at radius 1 is 1.11 bits per heavy atom. The molecule has 2 heterocycles. The topological polar surface area (TPSA) is 65.2 Å². The second kappa shape index (κ2) is 10.2. The van der Waals surface area contributed by atoms with Crippen LogP contribution in [0.2, 0.25) is 5.02 Å². The lowest BCUT2D eigenvalue weighted by Gasteiger charge is -2.08. The summed E-state index contributed by atoms with van der Waals surface area (Å²) in [6, 6.07) is 8.63. The van der Waals surface area contributed by atoms with Crippen LogP contribution in [0.25, 0.3) is 22.7 Å². The van der Waals surface area contributed by atoms with Gasteiger partial charge in [0, 0.05) is 17.6 Å². The Labute approximate surface area is 170 Å². The predicted molar refractivity (Wildman–Crippen MR) is 110 cm³/mol. The lowest BCUT2D eigenvalue weighted by Crippen LogP contribution is -2.08. The molecule has 3 rings (SSSR count). The highest BCUT2D eigenvalue weighted by Gasteiger charge is 2.17. The molecule has 0 aliphatic carbocycles. The molecule has 0 aliphatic rings. The number of oxazole rings is 1. The van der Waals surface area contributed by atoms with Crippen LogP contribution in [0.4, 0.5) is 0 Å². The van der Waals surface area contributed by atoms with E-state index < -0.39 is 0 Å². The Kier molecular flexibility index (Phi) is 7.43. The van der Waals surface area contributed by atoms with Crippen LogP contribution in [0.3, 0.4) is 0 Å². The third kappa shape index (κ3) is 5.55. The second-order valence-electron chi connectivity index (χ2n) is 6.83. The van der Waals surface area contributed by atoms with Gasteiger partial charge in [-0.25, -0.2) is 9.97 Å². The smallest absolute Gasteiger partial charge is 0.311 e. The van der Waals surface area contributed by atoms with E-state index in [9.17, 15) is 4.79 Å². The monoisotopic (exact) mass is 400 g/mol. The minimum Gasteiger partial charge on any atom is -0.426 e. The first kappa shape index (κ1) is 20.3. The van der Waals surface area contributed by atoms with Crippen LogP contribution in [-0.2, 0) is 4.79 Å². The molecule has 0 atom stereocenters. The number of fused-ring (bicyclic) bond motifs is 1. The van der Waals surface area contributed by atoms with E-state index in [2.05, 4.69) is 16.9 Å². The summed E-state index contributed by atoms with van der Waals surface area (Å²) in [6.07, 6.45) is 10.1. The van der Waals surface area contributed by atoms with Crippen molar-refractivity contribution in [2.75, 3.05) is 0 Å². The van der Waals surface area contributed by atoms with Crippen molar-refractivity contribution in [3.63, 3.8) is 0 Å². The lowest BCUT2D eigenvalue weighted by atomic mass is 10.1. The highest BCUT2D eigenvalue weighted by atomic mass is 35.5. The van der Waals surface area contributed by atoms with Crippen molar-refractivity contribution in [3.8, 4) is 17.2 Å². The van der Waals surface area contributed by atoms with E-state index in [0.29, 0.717) is 39.9 Å². The summed E-state index contributed by atoms with van der Waals surface area (Å²) in [6.45, 7) is 2.21. The van der Waals surface area contributed by atoms with Crippen molar-refractivity contribution in [1.82, 2.24) is 9.97 Å². The first-order valence-electron chi connectivity index (χ1n) is 9.89. The number of ether oxygens (including phenoxy) is 1. The normalized spacial score (nSPS) is 11.1. The van der Waals surface area contributed by atoms with Crippen molar-refractivity contribution < 1.29 is 13.9 Å². The van der Waals surface area contributed by atoms with Crippen LogP contribution in [0.15, 0.2) is 40.9 Å². The van der Waals surface area contributed by atoms with Gasteiger partial charge in [-0.3, -0.25) is 4.79 Å². The molecule has 0 N–H and O–H groups in total. The minimum absolute atomic E-state index is 0.258. The zero-order valence-electron chi connectivity index (χ0n) is 16.1. The number of unbranched alkanes of at least 4 members (excludes halogenated alkanes) is 6. The number of esters is 1. The molecule has 0 unspecified atom stereocenters. The SMILES string of the molecule is CCCCCCCCCC(=O)Oc1ccc(Cl)cc1-c1nc2cccnc2o1. The Bertz CT molecular complexity index is 890. The first-order valence-corrected chi connectivity index (χ1v) is 10.3. The number of benzene rings is 1. The van der Waals surface area contributed by atoms with E-state index in [4.69, 9.17) is 20.8 Å². The van der Waals surface area contributed by atoms with E-state index in [0.717, 1.165) is 19.3 Å². The molecule has 0 amide bonds. The number of carbonyl (C=O) groups excluding carboxylic acids is 1. The number of halogens is 1. The highest BCUT2D eigenvalue weighted by molar-refractivity contribution is 6.31. The molecule has 0 fully saturated rings. The summed E-state index contributed by atoms with van der Waals surface area (Å²) in [5.74, 6) is 0.463. The quantitative estimate of drug-likeness (QED) is 0.218. The van der Waals surface area contributed by atoms with Crippen molar-refractivity contribution in [3.05, 3.63) is 41.6 Å². The summed E-state index contributed by atoms with van der Waals surface area (Å²) < 4.78 is 11.3. The number of nitrogens with zero attached hydrogens (tertiary/aromatic N) is 2. The molecule has 5 nitrogen and oxygen atoms in total. The molecule has 6 heteroatoms. The molecule has 2 aromatic heterocycles. The average molecular weight is 401 g/mol. The Morgan fingerprint density at radius 2 is 1.89 bits per heavy atom. The number of pyridine rings is 1. The standard InChI is InChI=1S/C22H25ClN2O3/c1-2-3-4-5-6-7-8-11-20(26)27-19-13-12-16(23)15-17(19)21-25-18-10-9-14-24-22(18)28-21/h9-10,12-15H,2-8,11H2,1H3. The molecule has 0 radical (unpaired) electrons. The van der Waals surface area contributed by atoms with Gasteiger partial charge in [0.25, 0.3) is 0 Å². The highest BCUT2D eigenvalue weighted by Crippen LogP contribution is 2.34. The fourth-order valence-electron chi connectivity index (χ4n) is 3.04. The van der Waals surface area contributed by atoms with E-state index in [-0.39, 0.29) is 5.97 Å². The molecule has 0 aliphatic heterocycles. The summed E-state index contributed by atoms with van der Waals surface area (Å²) in [5.41, 5.74) is 1.61. The minimum atomic E-state index is -0.258. The number of hydrogen-bond donors (Lipinski definition) is 0. The summed E-state index contributed by atoms with van der Waals surface area (Å²) >= 11 is 6.13. The number of hydrogen-bond acceptors (Lipinski definition) is 5. The molecule has 0 saturated heterocycles. The third-order valence-electron chi connectivity index (χ3n) is 4.55. The van der Waals surface area contributed by atoms with Crippen LogP contribution in [0.5, 0.6) is 5.75 Å². The Hall–Kier alpha value is -2.40. The fourth-order valence-corrected chi connectivity index (χ4v) is 3.22. The predicted octanol–water partition coefficient (Wildman–Crippen LogP) is 6.59. The van der Waals surface area contributed by atoms with Crippen LogP contribution in [0.1, 0.15) is 58.3 Å². The van der Waals surface area contributed by atoms with Crippen LogP contribution in [-0.4, -0.2) is 15.9 Å². The van der Waals surface area contributed by atoms with E-state index in [1.807, 2.05) is 6.07 Å². The second-order valence-corrected chi connectivity index (χ2v) is 7.27. The Morgan fingerprint density at radius 3 is 2.68 bits per heavy atom. The van der Waals surface area contributed by atoms with Gasteiger partial charge in [-0.15, -0.1) is 0 Å².